The monoisotopic (exact) mass is 268 g/mol. The van der Waals surface area contributed by atoms with Crippen LogP contribution < -0.4 is 0 Å². The molecule has 1 N–H and O–H groups in total. The largest absolute Gasteiger partial charge is 0.251 e. The van der Waals surface area contributed by atoms with E-state index < -0.39 is 0 Å². The van der Waals surface area contributed by atoms with Crippen molar-refractivity contribution in [1.29, 1.82) is 0 Å². The summed E-state index contributed by atoms with van der Waals surface area (Å²) in [5.74, 6) is 0.297. The number of hydrogen-bond donors (Lipinski definition) is 1. The van der Waals surface area contributed by atoms with Gasteiger partial charge in [0, 0.05) is 0 Å². The van der Waals surface area contributed by atoms with Gasteiger partial charge in [-0.15, -0.1) is 0 Å². The summed E-state index contributed by atoms with van der Waals surface area (Å²) in [6, 6.07) is 0. The number of hydrogen-bond acceptors (Lipinski definition) is 4. The average Bonchev–Trinajstić information content (AvgIpc) is 2.40. The lowest BCUT2D eigenvalue weighted by Crippen LogP contribution is -2.51. The molecule has 2 heterocycles. The Kier molecular flexibility index (Phi) is 4.16. The van der Waals surface area contributed by atoms with Gasteiger partial charge in [-0.1, -0.05) is 25.7 Å². The molecule has 1 aliphatic carbocycles. The van der Waals surface area contributed by atoms with E-state index in [9.17, 15) is 0 Å². The standard InChI is InChI=1S/C15H24O4/c1-11(2)13(17-16)6-5-12(3)15-9-7-14(4,8-10-15)18-19-15/h7,9,12-13,16H,1,5-6,8,10H2,2-4H3/t12?,13?,14-,15+/m0/s1. The molecule has 3 aliphatic rings. The molecule has 2 bridgehead atoms. The smallest absolute Gasteiger partial charge is 0.124 e. The van der Waals surface area contributed by atoms with Gasteiger partial charge in [-0.25, -0.2) is 14.7 Å². The van der Waals surface area contributed by atoms with Gasteiger partial charge in [0.05, 0.1) is 0 Å². The summed E-state index contributed by atoms with van der Waals surface area (Å²) in [5.41, 5.74) is 0.253. The zero-order valence-corrected chi connectivity index (χ0v) is 12.0. The Balaban J connectivity index is 1.95. The molecule has 0 aromatic carbocycles. The van der Waals surface area contributed by atoms with Gasteiger partial charge < -0.3 is 0 Å². The summed E-state index contributed by atoms with van der Waals surface area (Å²) in [6.45, 7) is 9.86. The van der Waals surface area contributed by atoms with E-state index in [1.54, 1.807) is 0 Å². The predicted octanol–water partition coefficient (Wildman–Crippen LogP) is 3.65. The van der Waals surface area contributed by atoms with Crippen LogP contribution in [-0.4, -0.2) is 22.6 Å². The van der Waals surface area contributed by atoms with E-state index >= 15 is 0 Å². The Bertz CT molecular complexity index is 366. The maximum atomic E-state index is 8.85. The fraction of sp³-hybridized carbons (Fsp3) is 0.733. The lowest BCUT2D eigenvalue weighted by Gasteiger charge is -2.48. The lowest BCUT2D eigenvalue weighted by molar-refractivity contribution is -0.432. The van der Waals surface area contributed by atoms with E-state index in [4.69, 9.17) is 15.0 Å². The second-order valence-corrected chi connectivity index (χ2v) is 6.19. The van der Waals surface area contributed by atoms with Crippen molar-refractivity contribution in [1.82, 2.24) is 0 Å². The molecule has 2 unspecified atom stereocenters. The summed E-state index contributed by atoms with van der Waals surface area (Å²) >= 11 is 0. The van der Waals surface area contributed by atoms with Gasteiger partial charge in [-0.3, -0.25) is 5.26 Å². The summed E-state index contributed by atoms with van der Waals surface area (Å²) in [7, 11) is 0. The van der Waals surface area contributed by atoms with Gasteiger partial charge in [0.1, 0.15) is 17.3 Å². The second-order valence-electron chi connectivity index (χ2n) is 6.19. The van der Waals surface area contributed by atoms with Crippen LogP contribution in [0.2, 0.25) is 0 Å². The van der Waals surface area contributed by atoms with Crippen LogP contribution in [0.15, 0.2) is 24.3 Å². The van der Waals surface area contributed by atoms with E-state index in [1.807, 2.05) is 13.8 Å². The highest BCUT2D eigenvalue weighted by molar-refractivity contribution is 5.18. The van der Waals surface area contributed by atoms with E-state index in [-0.39, 0.29) is 17.3 Å². The molecule has 19 heavy (non-hydrogen) atoms. The predicted molar refractivity (Wildman–Crippen MR) is 72.4 cm³/mol. The summed E-state index contributed by atoms with van der Waals surface area (Å²) in [4.78, 5) is 15.6. The molecule has 0 amide bonds. The van der Waals surface area contributed by atoms with Crippen molar-refractivity contribution in [3.63, 3.8) is 0 Å². The molecule has 0 aromatic rings. The number of rotatable bonds is 6. The van der Waals surface area contributed by atoms with Crippen LogP contribution in [0, 0.1) is 5.92 Å². The molecule has 1 saturated heterocycles. The molecule has 0 radical (unpaired) electrons. The maximum absolute atomic E-state index is 8.85. The lowest BCUT2D eigenvalue weighted by atomic mass is 9.74. The zero-order valence-electron chi connectivity index (χ0n) is 12.0. The molecule has 0 saturated carbocycles. The third-order valence-corrected chi connectivity index (χ3v) is 4.49. The SMILES string of the molecule is C=C(C)C(CCC(C)[C@@]12C=C[C@@](C)(CC1)OO2)OO. The van der Waals surface area contributed by atoms with Gasteiger partial charge in [0.2, 0.25) is 0 Å². The van der Waals surface area contributed by atoms with Gasteiger partial charge in [0.25, 0.3) is 0 Å². The molecule has 4 nitrogen and oxygen atoms in total. The molecule has 4 heteroatoms. The van der Waals surface area contributed by atoms with Gasteiger partial charge in [-0.2, -0.15) is 0 Å². The summed E-state index contributed by atoms with van der Waals surface area (Å²) < 4.78 is 0. The van der Waals surface area contributed by atoms with Crippen molar-refractivity contribution < 1.29 is 19.9 Å². The summed E-state index contributed by atoms with van der Waals surface area (Å²) in [6.07, 6.45) is 7.50. The van der Waals surface area contributed by atoms with Crippen LogP contribution in [0.3, 0.4) is 0 Å². The minimum absolute atomic E-state index is 0.254. The minimum atomic E-state index is -0.327. The van der Waals surface area contributed by atoms with Crippen molar-refractivity contribution in [3.8, 4) is 0 Å². The van der Waals surface area contributed by atoms with E-state index in [1.165, 1.54) is 0 Å². The molecular weight excluding hydrogens is 244 g/mol. The van der Waals surface area contributed by atoms with Crippen LogP contribution >= 0.6 is 0 Å². The fourth-order valence-electron chi connectivity index (χ4n) is 2.77. The maximum Gasteiger partial charge on any atom is 0.124 e. The molecule has 2 aliphatic heterocycles. The Morgan fingerprint density at radius 3 is 2.53 bits per heavy atom. The first-order valence-electron chi connectivity index (χ1n) is 6.94. The normalized spacial score (nSPS) is 36.2. The van der Waals surface area contributed by atoms with Gasteiger partial charge in [0.15, 0.2) is 0 Å². The van der Waals surface area contributed by atoms with E-state index in [0.717, 1.165) is 31.3 Å². The van der Waals surface area contributed by atoms with E-state index in [0.29, 0.717) is 5.92 Å². The summed E-state index contributed by atoms with van der Waals surface area (Å²) in [5, 5.41) is 8.85. The van der Waals surface area contributed by atoms with Crippen molar-refractivity contribution in [2.24, 2.45) is 5.92 Å². The third kappa shape index (κ3) is 2.92. The van der Waals surface area contributed by atoms with Crippen LogP contribution in [0.25, 0.3) is 0 Å². The van der Waals surface area contributed by atoms with Crippen LogP contribution in [0.4, 0.5) is 0 Å². The van der Waals surface area contributed by atoms with Crippen molar-refractivity contribution in [2.45, 2.75) is 63.8 Å². The molecular formula is C15H24O4. The highest BCUT2D eigenvalue weighted by Gasteiger charge is 2.48. The fourth-order valence-corrected chi connectivity index (χ4v) is 2.77. The first kappa shape index (κ1) is 14.7. The topological polar surface area (TPSA) is 47.9 Å². The zero-order chi connectivity index (χ0) is 14.1. The molecule has 1 fully saturated rings. The molecule has 3 rings (SSSR count). The van der Waals surface area contributed by atoms with Crippen molar-refractivity contribution >= 4 is 0 Å². The van der Waals surface area contributed by atoms with Gasteiger partial charge in [-0.05, 0) is 51.0 Å². The first-order valence-corrected chi connectivity index (χ1v) is 6.94. The Morgan fingerprint density at radius 2 is 2.11 bits per heavy atom. The Morgan fingerprint density at radius 1 is 1.37 bits per heavy atom. The first-order chi connectivity index (χ1) is 8.91. The van der Waals surface area contributed by atoms with Crippen LogP contribution in [-0.2, 0) is 14.7 Å². The van der Waals surface area contributed by atoms with Crippen LogP contribution in [0.5, 0.6) is 0 Å². The molecule has 108 valence electrons. The van der Waals surface area contributed by atoms with Crippen molar-refractivity contribution in [2.75, 3.05) is 0 Å². The van der Waals surface area contributed by atoms with Gasteiger partial charge >= 0.3 is 0 Å². The second kappa shape index (κ2) is 5.37. The van der Waals surface area contributed by atoms with E-state index in [2.05, 4.69) is 30.5 Å². The molecule has 0 spiro atoms. The van der Waals surface area contributed by atoms with Crippen molar-refractivity contribution in [3.05, 3.63) is 24.3 Å². The Hall–Kier alpha value is -0.680. The third-order valence-electron chi connectivity index (χ3n) is 4.49. The highest BCUT2D eigenvalue weighted by atomic mass is 17.2. The number of fused-ring (bicyclic) bond motifs is 2. The Labute approximate surface area is 114 Å². The molecule has 0 aromatic heterocycles. The minimum Gasteiger partial charge on any atom is -0.251 e. The highest BCUT2D eigenvalue weighted by Crippen LogP contribution is 2.45. The van der Waals surface area contributed by atoms with Crippen LogP contribution in [0.1, 0.15) is 46.5 Å². The average molecular weight is 268 g/mol. The molecule has 4 atom stereocenters. The quantitative estimate of drug-likeness (QED) is 0.454.